The Balaban J connectivity index is 2.80. The fourth-order valence-electron chi connectivity index (χ4n) is 1.22. The summed E-state index contributed by atoms with van der Waals surface area (Å²) in [5, 5.41) is 2.70. The molecule has 1 amide bonds. The van der Waals surface area contributed by atoms with Crippen LogP contribution in [0.25, 0.3) is 0 Å². The van der Waals surface area contributed by atoms with Crippen molar-refractivity contribution < 1.29 is 14.3 Å². The average Bonchev–Trinajstić information content (AvgIpc) is 2.21. The molecule has 0 aliphatic heterocycles. The Bertz CT molecular complexity index is 350. The monoisotopic (exact) mass is 209 g/mol. The molecule has 0 fully saturated rings. The van der Waals surface area contributed by atoms with E-state index in [4.69, 9.17) is 9.47 Å². The predicted octanol–water partition coefficient (Wildman–Crippen LogP) is 1.59. The second kappa shape index (κ2) is 5.36. The third-order valence-corrected chi connectivity index (χ3v) is 1.91. The molecule has 0 radical (unpaired) electrons. The first-order chi connectivity index (χ1) is 7.17. The molecule has 0 unspecified atom stereocenters. The van der Waals surface area contributed by atoms with Crippen molar-refractivity contribution in [3.63, 3.8) is 0 Å². The fraction of sp³-hybridized carbons (Fsp3) is 0.364. The number of rotatable bonds is 4. The number of methoxy groups -OCH3 is 2. The van der Waals surface area contributed by atoms with Gasteiger partial charge in [-0.05, 0) is 24.6 Å². The molecule has 0 bridgehead atoms. The number of carbonyl (C=O) groups excluding carboxylic acids is 1. The van der Waals surface area contributed by atoms with Crippen molar-refractivity contribution in [2.75, 3.05) is 26.1 Å². The van der Waals surface area contributed by atoms with Gasteiger partial charge >= 0.3 is 0 Å². The van der Waals surface area contributed by atoms with Gasteiger partial charge in [0.15, 0.2) is 0 Å². The zero-order chi connectivity index (χ0) is 11.3. The quantitative estimate of drug-likeness (QED) is 0.819. The van der Waals surface area contributed by atoms with Gasteiger partial charge in [0.25, 0.3) is 0 Å². The van der Waals surface area contributed by atoms with Gasteiger partial charge in [-0.3, -0.25) is 4.79 Å². The first kappa shape index (κ1) is 11.5. The minimum absolute atomic E-state index is 0.0387. The summed E-state index contributed by atoms with van der Waals surface area (Å²) >= 11 is 0. The van der Waals surface area contributed by atoms with Gasteiger partial charge in [0.05, 0.1) is 12.8 Å². The highest BCUT2D eigenvalue weighted by Crippen LogP contribution is 2.24. The van der Waals surface area contributed by atoms with Crippen LogP contribution in [0.5, 0.6) is 5.75 Å². The lowest BCUT2D eigenvalue weighted by atomic mass is 10.2. The number of amides is 1. The Morgan fingerprint density at radius 2 is 2.13 bits per heavy atom. The maximum Gasteiger partial charge on any atom is 0.250 e. The Kier molecular flexibility index (Phi) is 4.12. The molecule has 4 heteroatoms. The molecule has 1 N–H and O–H groups in total. The Morgan fingerprint density at radius 1 is 1.40 bits per heavy atom. The molecule has 1 aromatic rings. The third-order valence-electron chi connectivity index (χ3n) is 1.91. The lowest BCUT2D eigenvalue weighted by molar-refractivity contribution is -0.119. The summed E-state index contributed by atoms with van der Waals surface area (Å²) in [5.41, 5.74) is 1.74. The van der Waals surface area contributed by atoms with E-state index in [1.807, 2.05) is 25.1 Å². The van der Waals surface area contributed by atoms with Crippen molar-refractivity contribution >= 4 is 11.6 Å². The van der Waals surface area contributed by atoms with Gasteiger partial charge < -0.3 is 14.8 Å². The summed E-state index contributed by atoms with van der Waals surface area (Å²) in [5.74, 6) is 0.458. The molecule has 0 heterocycles. The summed E-state index contributed by atoms with van der Waals surface area (Å²) in [6.45, 7) is 2.00. The van der Waals surface area contributed by atoms with Gasteiger partial charge in [0.2, 0.25) is 5.91 Å². The summed E-state index contributed by atoms with van der Waals surface area (Å²) in [6.07, 6.45) is 0. The van der Waals surface area contributed by atoms with Crippen molar-refractivity contribution in [2.24, 2.45) is 0 Å². The second-order valence-corrected chi connectivity index (χ2v) is 3.18. The second-order valence-electron chi connectivity index (χ2n) is 3.18. The zero-order valence-electron chi connectivity index (χ0n) is 9.16. The summed E-state index contributed by atoms with van der Waals surface area (Å²) in [4.78, 5) is 11.3. The predicted molar refractivity (Wildman–Crippen MR) is 58.2 cm³/mol. The van der Waals surface area contributed by atoms with E-state index in [0.717, 1.165) is 5.56 Å². The Morgan fingerprint density at radius 3 is 2.73 bits per heavy atom. The molecule has 4 nitrogen and oxygen atoms in total. The molecular weight excluding hydrogens is 194 g/mol. The van der Waals surface area contributed by atoms with Crippen LogP contribution in [0.3, 0.4) is 0 Å². The van der Waals surface area contributed by atoms with Crippen LogP contribution in [-0.4, -0.2) is 26.7 Å². The highest BCUT2D eigenvalue weighted by molar-refractivity contribution is 5.93. The van der Waals surface area contributed by atoms with Gasteiger partial charge in [0, 0.05) is 7.11 Å². The number of hydrogen-bond donors (Lipinski definition) is 1. The number of aryl methyl sites for hydroxylation is 1. The maximum atomic E-state index is 11.3. The SMILES string of the molecule is COCC(=O)Nc1ccc(C)cc1OC. The number of anilines is 1. The highest BCUT2D eigenvalue weighted by atomic mass is 16.5. The van der Waals surface area contributed by atoms with Crippen LogP contribution in [0.1, 0.15) is 5.56 Å². The minimum atomic E-state index is -0.195. The minimum Gasteiger partial charge on any atom is -0.495 e. The molecule has 0 aromatic heterocycles. The molecule has 0 atom stereocenters. The Labute approximate surface area is 89.2 Å². The molecule has 15 heavy (non-hydrogen) atoms. The molecule has 0 aliphatic rings. The summed E-state index contributed by atoms with van der Waals surface area (Å²) in [7, 11) is 3.05. The smallest absolute Gasteiger partial charge is 0.250 e. The van der Waals surface area contributed by atoms with E-state index < -0.39 is 0 Å². The number of benzene rings is 1. The zero-order valence-corrected chi connectivity index (χ0v) is 9.16. The largest absolute Gasteiger partial charge is 0.495 e. The van der Waals surface area contributed by atoms with E-state index in [1.165, 1.54) is 7.11 Å². The van der Waals surface area contributed by atoms with Crippen LogP contribution in [-0.2, 0) is 9.53 Å². The van der Waals surface area contributed by atoms with E-state index in [0.29, 0.717) is 11.4 Å². The van der Waals surface area contributed by atoms with Gasteiger partial charge in [-0.25, -0.2) is 0 Å². The van der Waals surface area contributed by atoms with E-state index in [-0.39, 0.29) is 12.5 Å². The number of hydrogen-bond acceptors (Lipinski definition) is 3. The van der Waals surface area contributed by atoms with Crippen molar-refractivity contribution in [1.29, 1.82) is 0 Å². The van der Waals surface area contributed by atoms with Crippen molar-refractivity contribution in [2.45, 2.75) is 6.92 Å². The van der Waals surface area contributed by atoms with E-state index in [9.17, 15) is 4.79 Å². The van der Waals surface area contributed by atoms with Crippen LogP contribution in [0.15, 0.2) is 18.2 Å². The van der Waals surface area contributed by atoms with E-state index in [2.05, 4.69) is 5.32 Å². The molecule has 0 aliphatic carbocycles. The van der Waals surface area contributed by atoms with Gasteiger partial charge in [0.1, 0.15) is 12.4 Å². The van der Waals surface area contributed by atoms with Gasteiger partial charge in [-0.2, -0.15) is 0 Å². The highest BCUT2D eigenvalue weighted by Gasteiger charge is 2.06. The number of nitrogens with one attached hydrogen (secondary N) is 1. The number of carbonyl (C=O) groups is 1. The maximum absolute atomic E-state index is 11.3. The summed E-state index contributed by atoms with van der Waals surface area (Å²) in [6, 6.07) is 5.58. The van der Waals surface area contributed by atoms with Crippen LogP contribution < -0.4 is 10.1 Å². The van der Waals surface area contributed by atoms with Crippen LogP contribution in [0, 0.1) is 6.92 Å². The van der Waals surface area contributed by atoms with Crippen molar-refractivity contribution in [3.05, 3.63) is 23.8 Å². The molecular formula is C11H15NO3. The molecule has 82 valence electrons. The van der Waals surface area contributed by atoms with Gasteiger partial charge in [-0.15, -0.1) is 0 Å². The molecule has 0 saturated heterocycles. The fourth-order valence-corrected chi connectivity index (χ4v) is 1.22. The van der Waals surface area contributed by atoms with Crippen molar-refractivity contribution in [3.8, 4) is 5.75 Å². The van der Waals surface area contributed by atoms with E-state index in [1.54, 1.807) is 7.11 Å². The van der Waals surface area contributed by atoms with Crippen LogP contribution in [0.4, 0.5) is 5.69 Å². The topological polar surface area (TPSA) is 47.6 Å². The average molecular weight is 209 g/mol. The molecule has 1 aromatic carbocycles. The van der Waals surface area contributed by atoms with Crippen LogP contribution >= 0.6 is 0 Å². The lowest BCUT2D eigenvalue weighted by Crippen LogP contribution is -2.17. The Hall–Kier alpha value is -1.55. The third kappa shape index (κ3) is 3.25. The first-order valence-electron chi connectivity index (χ1n) is 4.61. The molecule has 1 rings (SSSR count). The normalized spacial score (nSPS) is 9.80. The molecule has 0 saturated carbocycles. The first-order valence-corrected chi connectivity index (χ1v) is 4.61. The van der Waals surface area contributed by atoms with Crippen LogP contribution in [0.2, 0.25) is 0 Å². The number of ether oxygens (including phenoxy) is 2. The van der Waals surface area contributed by atoms with Gasteiger partial charge in [-0.1, -0.05) is 6.07 Å². The van der Waals surface area contributed by atoms with Crippen molar-refractivity contribution in [1.82, 2.24) is 0 Å². The standard InChI is InChI=1S/C11H15NO3/c1-8-4-5-9(10(6-8)15-3)12-11(13)7-14-2/h4-6H,7H2,1-3H3,(H,12,13). The lowest BCUT2D eigenvalue weighted by Gasteiger charge is -2.10. The summed E-state index contributed by atoms with van der Waals surface area (Å²) < 4.78 is 9.87. The van der Waals surface area contributed by atoms with E-state index >= 15 is 0 Å². The molecule has 0 spiro atoms.